The molecule has 1 N–H and O–H groups in total. The first-order valence-corrected chi connectivity index (χ1v) is 6.40. The molecule has 1 aromatic carbocycles. The molecule has 21 heavy (non-hydrogen) atoms. The summed E-state index contributed by atoms with van der Waals surface area (Å²) in [4.78, 5) is 11.6. The topological polar surface area (TPSA) is 86.5 Å². The summed E-state index contributed by atoms with van der Waals surface area (Å²) >= 11 is 0. The summed E-state index contributed by atoms with van der Waals surface area (Å²) in [7, 11) is 2.78. The quantitative estimate of drug-likeness (QED) is 0.797. The number of hydrogen-bond donors (Lipinski definition) is 1. The fourth-order valence-corrected chi connectivity index (χ4v) is 1.96. The van der Waals surface area contributed by atoms with Gasteiger partial charge in [0.05, 0.1) is 32.1 Å². The lowest BCUT2D eigenvalue weighted by atomic mass is 10.1. The smallest absolute Gasteiger partial charge is 0.360 e. The Balaban J connectivity index is 2.23. The van der Waals surface area contributed by atoms with Gasteiger partial charge in [-0.15, -0.1) is 5.10 Å². The van der Waals surface area contributed by atoms with Crippen LogP contribution in [0.5, 0.6) is 0 Å². The van der Waals surface area contributed by atoms with Gasteiger partial charge in [-0.1, -0.05) is 35.5 Å². The number of aliphatic hydroxyl groups excluding tert-OH is 1. The Morgan fingerprint density at radius 3 is 2.67 bits per heavy atom. The molecule has 2 aromatic rings. The van der Waals surface area contributed by atoms with Crippen LogP contribution in [0.2, 0.25) is 0 Å². The molecule has 1 aromatic heterocycles. The van der Waals surface area contributed by atoms with Crippen molar-refractivity contribution >= 4 is 5.97 Å². The number of rotatable bonds is 6. The van der Waals surface area contributed by atoms with E-state index in [0.717, 1.165) is 5.56 Å². The maximum Gasteiger partial charge on any atom is 0.360 e. The Kier molecular flexibility index (Phi) is 5.02. The van der Waals surface area contributed by atoms with Gasteiger partial charge in [-0.05, 0) is 5.56 Å². The molecule has 0 saturated heterocycles. The summed E-state index contributed by atoms with van der Waals surface area (Å²) in [6.07, 6.45) is -0.756. The van der Waals surface area contributed by atoms with Crippen LogP contribution in [0.1, 0.15) is 27.8 Å². The summed E-state index contributed by atoms with van der Waals surface area (Å²) in [5.74, 6) is -0.581. The molecule has 0 radical (unpaired) electrons. The molecule has 1 heterocycles. The highest BCUT2D eigenvalue weighted by molar-refractivity contribution is 5.88. The van der Waals surface area contributed by atoms with Crippen molar-refractivity contribution in [3.8, 4) is 0 Å². The molecule has 0 aliphatic carbocycles. The van der Waals surface area contributed by atoms with Crippen LogP contribution in [0.15, 0.2) is 30.3 Å². The van der Waals surface area contributed by atoms with Gasteiger partial charge in [0, 0.05) is 7.11 Å². The first-order valence-electron chi connectivity index (χ1n) is 6.40. The molecule has 0 bridgehead atoms. The van der Waals surface area contributed by atoms with Gasteiger partial charge in [-0.2, -0.15) is 0 Å². The standard InChI is InChI=1S/C14H17N3O4/c1-20-9-11-13(14(19)21-2)15-16-17(11)8-12(18)10-6-4-3-5-7-10/h3-7,12,18H,8-9H2,1-2H3. The van der Waals surface area contributed by atoms with E-state index in [-0.39, 0.29) is 18.8 Å². The van der Waals surface area contributed by atoms with Gasteiger partial charge in [-0.25, -0.2) is 9.48 Å². The molecule has 112 valence electrons. The van der Waals surface area contributed by atoms with Gasteiger partial charge in [0.2, 0.25) is 0 Å². The minimum Gasteiger partial charge on any atom is -0.464 e. The Hall–Kier alpha value is -2.25. The van der Waals surface area contributed by atoms with Crippen LogP contribution in [0, 0.1) is 0 Å². The van der Waals surface area contributed by atoms with E-state index in [1.165, 1.54) is 18.9 Å². The van der Waals surface area contributed by atoms with E-state index in [9.17, 15) is 9.90 Å². The molecule has 0 amide bonds. The highest BCUT2D eigenvalue weighted by atomic mass is 16.5. The fraction of sp³-hybridized carbons (Fsp3) is 0.357. The normalized spacial score (nSPS) is 12.1. The number of aliphatic hydroxyl groups is 1. The Labute approximate surface area is 122 Å². The van der Waals surface area contributed by atoms with Gasteiger partial charge in [0.15, 0.2) is 5.69 Å². The second kappa shape index (κ2) is 6.96. The summed E-state index contributed by atoms with van der Waals surface area (Å²) in [6.45, 7) is 0.325. The molecule has 2 rings (SSSR count). The zero-order valence-corrected chi connectivity index (χ0v) is 11.9. The predicted molar refractivity (Wildman–Crippen MR) is 73.5 cm³/mol. The van der Waals surface area contributed by atoms with Gasteiger partial charge in [0.1, 0.15) is 0 Å². The zero-order valence-electron chi connectivity index (χ0n) is 11.9. The highest BCUT2D eigenvalue weighted by Crippen LogP contribution is 2.17. The second-order valence-corrected chi connectivity index (χ2v) is 4.42. The predicted octanol–water partition coefficient (Wildman–Crippen LogP) is 0.945. The number of hydrogen-bond acceptors (Lipinski definition) is 6. The van der Waals surface area contributed by atoms with Gasteiger partial charge in [-0.3, -0.25) is 0 Å². The maximum atomic E-state index is 11.6. The van der Waals surface area contributed by atoms with E-state index >= 15 is 0 Å². The van der Waals surface area contributed by atoms with E-state index < -0.39 is 12.1 Å². The average Bonchev–Trinajstić information content (AvgIpc) is 2.90. The van der Waals surface area contributed by atoms with Crippen molar-refractivity contribution in [2.45, 2.75) is 19.3 Å². The van der Waals surface area contributed by atoms with E-state index in [4.69, 9.17) is 4.74 Å². The van der Waals surface area contributed by atoms with Crippen LogP contribution in [0.4, 0.5) is 0 Å². The minimum absolute atomic E-state index is 0.0969. The van der Waals surface area contributed by atoms with Gasteiger partial charge < -0.3 is 14.6 Å². The maximum absolute atomic E-state index is 11.6. The number of methoxy groups -OCH3 is 2. The second-order valence-electron chi connectivity index (χ2n) is 4.42. The molecule has 1 atom stereocenters. The zero-order chi connectivity index (χ0) is 15.2. The van der Waals surface area contributed by atoms with Crippen LogP contribution in [-0.2, 0) is 22.6 Å². The van der Waals surface area contributed by atoms with Crippen LogP contribution in [0.25, 0.3) is 0 Å². The van der Waals surface area contributed by atoms with Gasteiger partial charge in [0.25, 0.3) is 0 Å². The van der Waals surface area contributed by atoms with Crippen LogP contribution < -0.4 is 0 Å². The van der Waals surface area contributed by atoms with Crippen molar-refractivity contribution < 1.29 is 19.4 Å². The number of carbonyl (C=O) groups is 1. The average molecular weight is 291 g/mol. The third kappa shape index (κ3) is 3.45. The lowest BCUT2D eigenvalue weighted by Crippen LogP contribution is -2.15. The first-order chi connectivity index (χ1) is 10.2. The summed E-state index contributed by atoms with van der Waals surface area (Å²) < 4.78 is 11.2. The number of ether oxygens (including phenoxy) is 2. The number of aromatic nitrogens is 3. The third-order valence-corrected chi connectivity index (χ3v) is 3.03. The highest BCUT2D eigenvalue weighted by Gasteiger charge is 2.21. The first kappa shape index (κ1) is 15.1. The van der Waals surface area contributed by atoms with Crippen LogP contribution in [-0.4, -0.2) is 40.3 Å². The van der Waals surface area contributed by atoms with E-state index in [1.807, 2.05) is 30.3 Å². The Morgan fingerprint density at radius 1 is 1.33 bits per heavy atom. The molecule has 0 aliphatic heterocycles. The molecule has 7 heteroatoms. The minimum atomic E-state index is -0.756. The van der Waals surface area contributed by atoms with Gasteiger partial charge >= 0.3 is 5.97 Å². The number of carbonyl (C=O) groups excluding carboxylic acids is 1. The van der Waals surface area contributed by atoms with Crippen LogP contribution in [0.3, 0.4) is 0 Å². The molecule has 7 nitrogen and oxygen atoms in total. The number of benzene rings is 1. The number of esters is 1. The Bertz CT molecular complexity index is 598. The molecular weight excluding hydrogens is 274 g/mol. The molecule has 0 saturated carbocycles. The number of nitrogens with zero attached hydrogens (tertiary/aromatic N) is 3. The van der Waals surface area contributed by atoms with Crippen molar-refractivity contribution in [1.29, 1.82) is 0 Å². The molecular formula is C14H17N3O4. The molecule has 0 aliphatic rings. The van der Waals surface area contributed by atoms with Crippen LogP contribution >= 0.6 is 0 Å². The lowest BCUT2D eigenvalue weighted by molar-refractivity contribution is 0.0587. The largest absolute Gasteiger partial charge is 0.464 e. The summed E-state index contributed by atoms with van der Waals surface area (Å²) in [5, 5.41) is 17.9. The monoisotopic (exact) mass is 291 g/mol. The lowest BCUT2D eigenvalue weighted by Gasteiger charge is -2.12. The van der Waals surface area contributed by atoms with E-state index in [1.54, 1.807) is 0 Å². The van der Waals surface area contributed by atoms with Crippen molar-refractivity contribution in [2.75, 3.05) is 14.2 Å². The Morgan fingerprint density at radius 2 is 2.05 bits per heavy atom. The molecule has 1 unspecified atom stereocenters. The molecule has 0 spiro atoms. The van der Waals surface area contributed by atoms with E-state index in [0.29, 0.717) is 5.69 Å². The van der Waals surface area contributed by atoms with Crippen molar-refractivity contribution in [2.24, 2.45) is 0 Å². The third-order valence-electron chi connectivity index (χ3n) is 3.03. The summed E-state index contributed by atoms with van der Waals surface area (Å²) in [6, 6.07) is 9.20. The molecule has 0 fully saturated rings. The van der Waals surface area contributed by atoms with Crippen molar-refractivity contribution in [3.63, 3.8) is 0 Å². The van der Waals surface area contributed by atoms with Crippen molar-refractivity contribution in [3.05, 3.63) is 47.3 Å². The summed E-state index contributed by atoms with van der Waals surface area (Å²) in [5.41, 5.74) is 1.33. The SMILES string of the molecule is COCc1c(C(=O)OC)nnn1CC(O)c1ccccc1. The fourth-order valence-electron chi connectivity index (χ4n) is 1.96. The van der Waals surface area contributed by atoms with Crippen molar-refractivity contribution in [1.82, 2.24) is 15.0 Å². The van der Waals surface area contributed by atoms with E-state index in [2.05, 4.69) is 15.0 Å².